The number of fused-ring (bicyclic) bond motifs is 1. The topological polar surface area (TPSA) is 95.9 Å². The van der Waals surface area contributed by atoms with E-state index in [1.165, 1.54) is 0 Å². The molecule has 0 radical (unpaired) electrons. The van der Waals surface area contributed by atoms with Crippen LogP contribution >= 0.6 is 0 Å². The first-order valence-corrected chi connectivity index (χ1v) is 7.68. The first-order chi connectivity index (χ1) is 12.1. The lowest BCUT2D eigenvalue weighted by Gasteiger charge is -2.28. The van der Waals surface area contributed by atoms with Crippen molar-refractivity contribution in [1.82, 2.24) is 0 Å². The van der Waals surface area contributed by atoms with Gasteiger partial charge in [0, 0.05) is 23.2 Å². The van der Waals surface area contributed by atoms with E-state index in [0.29, 0.717) is 12.5 Å². The van der Waals surface area contributed by atoms with Gasteiger partial charge in [0.1, 0.15) is 17.4 Å². The maximum absolute atomic E-state index is 14.1. The van der Waals surface area contributed by atoms with Crippen molar-refractivity contribution in [3.05, 3.63) is 35.1 Å². The molecule has 0 aliphatic carbocycles. The number of halogens is 4. The highest BCUT2D eigenvalue weighted by molar-refractivity contribution is 5.80. The molecule has 140 valence electrons. The Morgan fingerprint density at radius 2 is 1.81 bits per heavy atom. The van der Waals surface area contributed by atoms with E-state index in [4.69, 9.17) is 10.5 Å². The third-order valence-corrected chi connectivity index (χ3v) is 4.30. The Morgan fingerprint density at radius 1 is 1.12 bits per heavy atom. The summed E-state index contributed by atoms with van der Waals surface area (Å²) >= 11 is 0. The Labute approximate surface area is 145 Å². The third kappa shape index (κ3) is 2.88. The first kappa shape index (κ1) is 18.1. The second kappa shape index (κ2) is 6.24. The molecular weight excluding hydrogens is 358 g/mol. The molecule has 0 saturated heterocycles. The fraction of sp³-hybridized carbons (Fsp3) is 0.294. The summed E-state index contributed by atoms with van der Waals surface area (Å²) in [5, 5.41) is 29.1. The van der Waals surface area contributed by atoms with Crippen molar-refractivity contribution >= 4 is 0 Å². The van der Waals surface area contributed by atoms with E-state index in [1.54, 1.807) is 0 Å². The van der Waals surface area contributed by atoms with Crippen molar-refractivity contribution in [2.24, 2.45) is 5.73 Å². The highest BCUT2D eigenvalue weighted by Gasteiger charge is 2.40. The molecule has 0 amide bonds. The van der Waals surface area contributed by atoms with Gasteiger partial charge in [-0.25, -0.2) is 4.39 Å². The lowest BCUT2D eigenvalue weighted by molar-refractivity contribution is -0.138. The van der Waals surface area contributed by atoms with E-state index in [-0.39, 0.29) is 29.8 Å². The lowest BCUT2D eigenvalue weighted by Crippen LogP contribution is -2.31. The van der Waals surface area contributed by atoms with Crippen LogP contribution in [0.2, 0.25) is 0 Å². The van der Waals surface area contributed by atoms with Crippen molar-refractivity contribution in [3.8, 4) is 34.1 Å². The molecule has 0 aromatic heterocycles. The predicted molar refractivity (Wildman–Crippen MR) is 83.6 cm³/mol. The highest BCUT2D eigenvalue weighted by Crippen LogP contribution is 2.50. The van der Waals surface area contributed by atoms with Crippen molar-refractivity contribution in [2.75, 3.05) is 6.54 Å². The summed E-state index contributed by atoms with van der Waals surface area (Å²) in [6, 6.07) is 2.47. The molecule has 1 atom stereocenters. The molecule has 1 aliphatic heterocycles. The summed E-state index contributed by atoms with van der Waals surface area (Å²) in [7, 11) is 0. The molecule has 0 saturated carbocycles. The number of ether oxygens (including phenoxy) is 1. The van der Waals surface area contributed by atoms with Crippen LogP contribution in [0.15, 0.2) is 18.2 Å². The van der Waals surface area contributed by atoms with Crippen LogP contribution in [0.4, 0.5) is 17.6 Å². The second-order valence-electron chi connectivity index (χ2n) is 5.93. The van der Waals surface area contributed by atoms with Crippen LogP contribution in [0.3, 0.4) is 0 Å². The molecule has 9 heteroatoms. The van der Waals surface area contributed by atoms with Gasteiger partial charge in [0.2, 0.25) is 0 Å². The van der Waals surface area contributed by atoms with Gasteiger partial charge in [0.15, 0.2) is 23.1 Å². The lowest BCUT2D eigenvalue weighted by atomic mass is 9.91. The van der Waals surface area contributed by atoms with Crippen molar-refractivity contribution in [3.63, 3.8) is 0 Å². The summed E-state index contributed by atoms with van der Waals surface area (Å²) < 4.78 is 60.1. The van der Waals surface area contributed by atoms with Crippen LogP contribution in [-0.4, -0.2) is 28.0 Å². The smallest absolute Gasteiger partial charge is 0.420 e. The molecule has 2 aromatic rings. The second-order valence-corrected chi connectivity index (χ2v) is 5.93. The average Bonchev–Trinajstić information content (AvgIpc) is 2.58. The summed E-state index contributed by atoms with van der Waals surface area (Å²) in [6.45, 7) is 0.0873. The molecule has 1 heterocycles. The predicted octanol–water partition coefficient (Wildman–Crippen LogP) is 3.28. The molecule has 5 N–H and O–H groups in total. The van der Waals surface area contributed by atoms with Gasteiger partial charge < -0.3 is 25.8 Å². The van der Waals surface area contributed by atoms with E-state index in [1.807, 2.05) is 0 Å². The number of aromatic hydroxyl groups is 3. The number of phenols is 3. The van der Waals surface area contributed by atoms with Gasteiger partial charge in [-0.3, -0.25) is 0 Å². The number of alkyl halides is 3. The van der Waals surface area contributed by atoms with E-state index < -0.39 is 46.5 Å². The zero-order valence-corrected chi connectivity index (χ0v) is 13.3. The van der Waals surface area contributed by atoms with Crippen molar-refractivity contribution in [1.29, 1.82) is 0 Å². The van der Waals surface area contributed by atoms with E-state index in [0.717, 1.165) is 12.1 Å². The van der Waals surface area contributed by atoms with Crippen LogP contribution in [0.1, 0.15) is 17.5 Å². The number of rotatable bonds is 2. The van der Waals surface area contributed by atoms with Crippen LogP contribution < -0.4 is 10.5 Å². The Morgan fingerprint density at radius 3 is 2.42 bits per heavy atom. The number of hydrogen-bond acceptors (Lipinski definition) is 5. The summed E-state index contributed by atoms with van der Waals surface area (Å²) in [5.74, 6) is -4.27. The average molecular weight is 373 g/mol. The Hall–Kier alpha value is -2.68. The van der Waals surface area contributed by atoms with Crippen LogP contribution in [0.5, 0.6) is 23.0 Å². The fourth-order valence-corrected chi connectivity index (χ4v) is 3.03. The first-order valence-electron chi connectivity index (χ1n) is 7.68. The molecule has 0 fully saturated rings. The SMILES string of the molecule is NC[C@H]1CCc2c(O)c(F)cc(-c3ccc(O)c(O)c3C(F)(F)F)c2O1. The highest BCUT2D eigenvalue weighted by atomic mass is 19.4. The third-order valence-electron chi connectivity index (χ3n) is 4.30. The van der Waals surface area contributed by atoms with E-state index in [9.17, 15) is 32.9 Å². The molecule has 1 aliphatic rings. The number of hydrogen-bond donors (Lipinski definition) is 4. The van der Waals surface area contributed by atoms with Crippen molar-refractivity contribution in [2.45, 2.75) is 25.1 Å². The Kier molecular flexibility index (Phi) is 4.35. The molecule has 0 bridgehead atoms. The molecule has 2 aromatic carbocycles. The van der Waals surface area contributed by atoms with Crippen molar-refractivity contribution < 1.29 is 37.6 Å². The minimum atomic E-state index is -5.03. The standard InChI is InChI=1S/C17H15F4NO4/c18-11-5-10(16-9(14(11)24)2-1-7(6-22)26-16)8-3-4-12(23)15(25)13(8)17(19,20)21/h3-5,7,23-25H,1-2,6,22H2/t7-/m1/s1. The number of nitrogens with two attached hydrogens (primary N) is 1. The maximum atomic E-state index is 14.1. The quantitative estimate of drug-likeness (QED) is 0.479. The van der Waals surface area contributed by atoms with Gasteiger partial charge in [-0.15, -0.1) is 0 Å². The Bertz CT molecular complexity index is 867. The van der Waals surface area contributed by atoms with Gasteiger partial charge in [0.05, 0.1) is 0 Å². The minimum Gasteiger partial charge on any atom is -0.505 e. The molecule has 5 nitrogen and oxygen atoms in total. The number of phenolic OH excluding ortho intramolecular Hbond substituents is 3. The summed E-state index contributed by atoms with van der Waals surface area (Å²) in [4.78, 5) is 0. The minimum absolute atomic E-state index is 0.0328. The van der Waals surface area contributed by atoms with Gasteiger partial charge in [0.25, 0.3) is 0 Å². The zero-order valence-electron chi connectivity index (χ0n) is 13.3. The molecule has 0 spiro atoms. The molecular formula is C17H15F4NO4. The van der Waals surface area contributed by atoms with Gasteiger partial charge in [-0.2, -0.15) is 13.2 Å². The van der Waals surface area contributed by atoms with Crippen LogP contribution in [0, 0.1) is 5.82 Å². The molecule has 3 rings (SSSR count). The summed E-state index contributed by atoms with van der Waals surface area (Å²) in [6.07, 6.45) is -5.00. The maximum Gasteiger partial charge on any atom is 0.420 e. The number of benzene rings is 2. The van der Waals surface area contributed by atoms with Crippen LogP contribution in [-0.2, 0) is 12.6 Å². The molecule has 0 unspecified atom stereocenters. The van der Waals surface area contributed by atoms with Crippen LogP contribution in [0.25, 0.3) is 11.1 Å². The zero-order chi connectivity index (χ0) is 19.2. The van der Waals surface area contributed by atoms with Gasteiger partial charge in [-0.05, 0) is 31.0 Å². The fourth-order valence-electron chi connectivity index (χ4n) is 3.03. The monoisotopic (exact) mass is 373 g/mol. The Balaban J connectivity index is 2.33. The normalized spacial score (nSPS) is 16.9. The largest absolute Gasteiger partial charge is 0.505 e. The van der Waals surface area contributed by atoms with E-state index in [2.05, 4.69) is 0 Å². The molecule has 26 heavy (non-hydrogen) atoms. The summed E-state index contributed by atoms with van der Waals surface area (Å²) in [5.41, 5.74) is 3.18. The van der Waals surface area contributed by atoms with Gasteiger partial charge >= 0.3 is 6.18 Å². The van der Waals surface area contributed by atoms with Gasteiger partial charge in [-0.1, -0.05) is 0 Å². The van der Waals surface area contributed by atoms with E-state index >= 15 is 0 Å².